The van der Waals surface area contributed by atoms with Gasteiger partial charge in [0.15, 0.2) is 0 Å². The number of nitrogens with zero attached hydrogens (tertiary/aromatic N) is 3. The molecule has 1 aromatic heterocycles. The molecule has 0 aliphatic heterocycles. The first-order valence-electron chi connectivity index (χ1n) is 5.29. The second kappa shape index (κ2) is 5.88. The number of carboxylic acid groups (broad SMARTS) is 1. The van der Waals surface area contributed by atoms with Crippen molar-refractivity contribution in [3.63, 3.8) is 0 Å². The Morgan fingerprint density at radius 1 is 1.59 bits per heavy atom. The summed E-state index contributed by atoms with van der Waals surface area (Å²) < 4.78 is 1.25. The van der Waals surface area contributed by atoms with E-state index in [9.17, 15) is 9.59 Å². The van der Waals surface area contributed by atoms with Crippen LogP contribution in [0.5, 0.6) is 0 Å². The topological polar surface area (TPSA) is 87.5 Å². The summed E-state index contributed by atoms with van der Waals surface area (Å²) in [5, 5.41) is 15.0. The van der Waals surface area contributed by atoms with Crippen molar-refractivity contribution >= 4 is 17.7 Å². The van der Waals surface area contributed by atoms with Crippen molar-refractivity contribution in [3.8, 4) is 0 Å². The minimum Gasteiger partial charge on any atom is -0.480 e. The first kappa shape index (κ1) is 13.0. The van der Waals surface area contributed by atoms with E-state index in [-0.39, 0.29) is 12.6 Å². The number of hydrogen-bond acceptors (Lipinski definition) is 3. The molecule has 0 fully saturated rings. The molecular weight excluding hydrogens is 224 g/mol. The van der Waals surface area contributed by atoms with Gasteiger partial charge in [-0.1, -0.05) is 6.92 Å². The maximum Gasteiger partial charge on any atom is 0.325 e. The Bertz CT molecular complexity index is 402. The molecule has 0 saturated heterocycles. The fourth-order valence-corrected chi connectivity index (χ4v) is 1.31. The number of anilines is 1. The van der Waals surface area contributed by atoms with Crippen molar-refractivity contribution in [3.05, 3.63) is 12.4 Å². The van der Waals surface area contributed by atoms with Crippen molar-refractivity contribution in [1.82, 2.24) is 14.7 Å². The van der Waals surface area contributed by atoms with E-state index in [1.165, 1.54) is 17.1 Å². The highest BCUT2D eigenvalue weighted by atomic mass is 16.4. The number of carbonyl (C=O) groups excluding carboxylic acids is 1. The molecule has 2 amide bonds. The average Bonchev–Trinajstić information content (AvgIpc) is 2.64. The maximum atomic E-state index is 11.6. The Hall–Kier alpha value is -2.05. The van der Waals surface area contributed by atoms with Crippen LogP contribution in [0.15, 0.2) is 12.4 Å². The summed E-state index contributed by atoms with van der Waals surface area (Å²) in [7, 11) is 1.69. The minimum absolute atomic E-state index is 0.222. The molecule has 0 bridgehead atoms. The van der Waals surface area contributed by atoms with Crippen molar-refractivity contribution in [2.24, 2.45) is 0 Å². The predicted molar refractivity (Wildman–Crippen MR) is 61.8 cm³/mol. The monoisotopic (exact) mass is 240 g/mol. The number of rotatable bonds is 5. The maximum absolute atomic E-state index is 11.6. The molecule has 0 spiro atoms. The Morgan fingerprint density at radius 3 is 2.88 bits per heavy atom. The number of urea groups is 1. The van der Waals surface area contributed by atoms with Crippen LogP contribution < -0.4 is 5.32 Å². The molecule has 0 aliphatic rings. The van der Waals surface area contributed by atoms with Gasteiger partial charge in [0.1, 0.15) is 6.54 Å². The van der Waals surface area contributed by atoms with E-state index in [1.54, 1.807) is 11.9 Å². The lowest BCUT2D eigenvalue weighted by Crippen LogP contribution is -2.31. The van der Waals surface area contributed by atoms with Crippen LogP contribution in [0.4, 0.5) is 10.5 Å². The summed E-state index contributed by atoms with van der Waals surface area (Å²) in [6, 6.07) is -0.235. The van der Waals surface area contributed by atoms with E-state index < -0.39 is 5.97 Å². The van der Waals surface area contributed by atoms with E-state index in [1.807, 2.05) is 6.92 Å². The summed E-state index contributed by atoms with van der Waals surface area (Å²) in [5.74, 6) is -0.978. The molecular formula is C10H16N4O3. The number of carbonyl (C=O) groups is 2. The third-order valence-corrected chi connectivity index (χ3v) is 2.09. The van der Waals surface area contributed by atoms with Gasteiger partial charge in [0.25, 0.3) is 0 Å². The van der Waals surface area contributed by atoms with Crippen LogP contribution in [0.25, 0.3) is 0 Å². The van der Waals surface area contributed by atoms with Crippen molar-refractivity contribution < 1.29 is 14.7 Å². The van der Waals surface area contributed by atoms with Gasteiger partial charge >= 0.3 is 12.0 Å². The van der Waals surface area contributed by atoms with Crippen molar-refractivity contribution in [2.45, 2.75) is 19.9 Å². The standard InChI is InChI=1S/C10H16N4O3/c1-3-4-13(2)10(17)12-8-5-11-14(6-8)7-9(15)16/h5-6H,3-4,7H2,1-2H3,(H,12,17)(H,15,16). The Morgan fingerprint density at radius 2 is 2.29 bits per heavy atom. The van der Waals surface area contributed by atoms with Crippen molar-refractivity contribution in [1.29, 1.82) is 0 Å². The average molecular weight is 240 g/mol. The van der Waals surface area contributed by atoms with Crippen LogP contribution in [0, 0.1) is 0 Å². The minimum atomic E-state index is -0.978. The van der Waals surface area contributed by atoms with Gasteiger partial charge < -0.3 is 15.3 Å². The zero-order chi connectivity index (χ0) is 12.8. The number of aliphatic carboxylic acids is 1. The lowest BCUT2D eigenvalue weighted by molar-refractivity contribution is -0.137. The summed E-state index contributed by atoms with van der Waals surface area (Å²) in [6.45, 7) is 2.42. The number of aromatic nitrogens is 2. The highest BCUT2D eigenvalue weighted by Crippen LogP contribution is 2.05. The Kier molecular flexibility index (Phi) is 4.50. The molecule has 0 saturated carbocycles. The Balaban J connectivity index is 2.54. The summed E-state index contributed by atoms with van der Waals surface area (Å²) >= 11 is 0. The molecule has 7 heteroatoms. The number of amides is 2. The molecule has 17 heavy (non-hydrogen) atoms. The second-order valence-corrected chi connectivity index (χ2v) is 3.67. The SMILES string of the molecule is CCCN(C)C(=O)Nc1cnn(CC(=O)O)c1. The summed E-state index contributed by atoms with van der Waals surface area (Å²) in [4.78, 5) is 23.6. The fourth-order valence-electron chi connectivity index (χ4n) is 1.31. The molecule has 2 N–H and O–H groups in total. The second-order valence-electron chi connectivity index (χ2n) is 3.67. The highest BCUT2D eigenvalue weighted by Gasteiger charge is 2.09. The van der Waals surface area contributed by atoms with Gasteiger partial charge in [-0.05, 0) is 6.42 Å². The number of carboxylic acids is 1. The molecule has 0 aromatic carbocycles. The van der Waals surface area contributed by atoms with Gasteiger partial charge in [-0.2, -0.15) is 5.10 Å². The first-order valence-corrected chi connectivity index (χ1v) is 5.29. The van der Waals surface area contributed by atoms with Gasteiger partial charge in [-0.3, -0.25) is 9.48 Å². The van der Waals surface area contributed by atoms with E-state index in [0.717, 1.165) is 6.42 Å². The van der Waals surface area contributed by atoms with Crippen LogP contribution in [0.1, 0.15) is 13.3 Å². The predicted octanol–water partition coefficient (Wildman–Crippen LogP) is 0.841. The fraction of sp³-hybridized carbons (Fsp3) is 0.500. The van der Waals surface area contributed by atoms with Crippen LogP contribution in [0.2, 0.25) is 0 Å². The van der Waals surface area contributed by atoms with Crippen LogP contribution in [-0.2, 0) is 11.3 Å². The quantitative estimate of drug-likeness (QED) is 0.798. The molecule has 1 heterocycles. The van der Waals surface area contributed by atoms with Gasteiger partial charge in [0.05, 0.1) is 11.9 Å². The molecule has 0 radical (unpaired) electrons. The van der Waals surface area contributed by atoms with Gasteiger partial charge in [0.2, 0.25) is 0 Å². The molecule has 94 valence electrons. The smallest absolute Gasteiger partial charge is 0.325 e. The lowest BCUT2D eigenvalue weighted by Gasteiger charge is -2.15. The zero-order valence-corrected chi connectivity index (χ0v) is 9.88. The van der Waals surface area contributed by atoms with Crippen LogP contribution >= 0.6 is 0 Å². The Labute approximate surface area is 99.0 Å². The molecule has 0 unspecified atom stereocenters. The van der Waals surface area contributed by atoms with E-state index in [0.29, 0.717) is 12.2 Å². The summed E-state index contributed by atoms with van der Waals surface area (Å²) in [6.07, 6.45) is 3.77. The summed E-state index contributed by atoms with van der Waals surface area (Å²) in [5.41, 5.74) is 0.485. The van der Waals surface area contributed by atoms with Crippen LogP contribution in [-0.4, -0.2) is 45.4 Å². The highest BCUT2D eigenvalue weighted by molar-refractivity contribution is 5.88. The lowest BCUT2D eigenvalue weighted by atomic mass is 10.4. The molecule has 0 atom stereocenters. The number of hydrogen-bond donors (Lipinski definition) is 2. The van der Waals surface area contributed by atoms with Gasteiger partial charge in [-0.25, -0.2) is 4.79 Å². The molecule has 1 rings (SSSR count). The zero-order valence-electron chi connectivity index (χ0n) is 9.88. The molecule has 1 aromatic rings. The van der Waals surface area contributed by atoms with E-state index in [2.05, 4.69) is 10.4 Å². The molecule has 7 nitrogen and oxygen atoms in total. The first-order chi connectivity index (χ1) is 8.02. The van der Waals surface area contributed by atoms with E-state index in [4.69, 9.17) is 5.11 Å². The van der Waals surface area contributed by atoms with Crippen LogP contribution in [0.3, 0.4) is 0 Å². The van der Waals surface area contributed by atoms with E-state index >= 15 is 0 Å². The normalized spacial score (nSPS) is 10.0. The third kappa shape index (κ3) is 4.13. The molecule has 0 aliphatic carbocycles. The van der Waals surface area contributed by atoms with Gasteiger partial charge in [0, 0.05) is 19.8 Å². The third-order valence-electron chi connectivity index (χ3n) is 2.09. The van der Waals surface area contributed by atoms with Gasteiger partial charge in [-0.15, -0.1) is 0 Å². The largest absolute Gasteiger partial charge is 0.480 e. The van der Waals surface area contributed by atoms with Crippen molar-refractivity contribution in [2.75, 3.05) is 18.9 Å². The number of nitrogens with one attached hydrogen (secondary N) is 1.